The molecule has 1 N–H and O–H groups in total. The van der Waals surface area contributed by atoms with Crippen molar-refractivity contribution in [3.05, 3.63) is 51.6 Å². The molecule has 100 valence electrons. The van der Waals surface area contributed by atoms with E-state index in [4.69, 9.17) is 4.74 Å². The van der Waals surface area contributed by atoms with Gasteiger partial charge < -0.3 is 10.1 Å². The van der Waals surface area contributed by atoms with Crippen molar-refractivity contribution < 1.29 is 4.74 Å². The molecule has 0 unspecified atom stereocenters. The second kappa shape index (κ2) is 6.06. The standard InChI is InChI=1S/C15H17BrN2O/c1-10-8-12(4-6-14(10)19-3)9-17-15-7-5-13(16)11(2)18-15/h4-8H,9H2,1-3H3,(H,17,18). The zero-order chi connectivity index (χ0) is 13.8. The van der Waals surface area contributed by atoms with E-state index in [0.717, 1.165) is 33.8 Å². The number of benzene rings is 1. The predicted octanol–water partition coefficient (Wildman–Crippen LogP) is 4.08. The fourth-order valence-electron chi connectivity index (χ4n) is 1.89. The molecule has 0 saturated carbocycles. The molecular weight excluding hydrogens is 304 g/mol. The van der Waals surface area contributed by atoms with E-state index in [2.05, 4.69) is 38.4 Å². The van der Waals surface area contributed by atoms with E-state index in [1.54, 1.807) is 7.11 Å². The van der Waals surface area contributed by atoms with E-state index in [-0.39, 0.29) is 0 Å². The lowest BCUT2D eigenvalue weighted by Gasteiger charge is -2.10. The fraction of sp³-hybridized carbons (Fsp3) is 0.267. The molecule has 0 saturated heterocycles. The number of pyridine rings is 1. The van der Waals surface area contributed by atoms with E-state index < -0.39 is 0 Å². The van der Waals surface area contributed by atoms with Crippen molar-refractivity contribution in [3.63, 3.8) is 0 Å². The summed E-state index contributed by atoms with van der Waals surface area (Å²) in [6.07, 6.45) is 0. The summed E-state index contributed by atoms with van der Waals surface area (Å²) in [5, 5.41) is 3.32. The normalized spacial score (nSPS) is 10.3. The summed E-state index contributed by atoms with van der Waals surface area (Å²) in [5.74, 6) is 1.80. The minimum absolute atomic E-state index is 0.749. The highest BCUT2D eigenvalue weighted by molar-refractivity contribution is 9.10. The highest BCUT2D eigenvalue weighted by Gasteiger charge is 2.02. The topological polar surface area (TPSA) is 34.1 Å². The molecule has 1 aromatic heterocycles. The van der Waals surface area contributed by atoms with Crippen molar-refractivity contribution in [2.45, 2.75) is 20.4 Å². The molecule has 0 aliphatic heterocycles. The molecule has 2 rings (SSSR count). The molecule has 0 aliphatic carbocycles. The van der Waals surface area contributed by atoms with Gasteiger partial charge in [0.1, 0.15) is 11.6 Å². The first kappa shape index (κ1) is 13.9. The van der Waals surface area contributed by atoms with Crippen molar-refractivity contribution in [1.29, 1.82) is 0 Å². The molecule has 1 aromatic carbocycles. The van der Waals surface area contributed by atoms with Gasteiger partial charge in [0.25, 0.3) is 0 Å². The molecule has 19 heavy (non-hydrogen) atoms. The molecule has 0 atom stereocenters. The predicted molar refractivity (Wildman–Crippen MR) is 81.7 cm³/mol. The van der Waals surface area contributed by atoms with Crippen LogP contribution in [0.2, 0.25) is 0 Å². The van der Waals surface area contributed by atoms with Gasteiger partial charge in [-0.1, -0.05) is 12.1 Å². The van der Waals surface area contributed by atoms with Gasteiger partial charge in [-0.2, -0.15) is 0 Å². The highest BCUT2D eigenvalue weighted by atomic mass is 79.9. The summed E-state index contributed by atoms with van der Waals surface area (Å²) in [7, 11) is 1.69. The van der Waals surface area contributed by atoms with Crippen LogP contribution in [0.25, 0.3) is 0 Å². The van der Waals surface area contributed by atoms with Crippen LogP contribution >= 0.6 is 15.9 Å². The van der Waals surface area contributed by atoms with Crippen LogP contribution in [0.5, 0.6) is 5.75 Å². The van der Waals surface area contributed by atoms with Gasteiger partial charge in [0.05, 0.1) is 12.8 Å². The molecule has 0 radical (unpaired) electrons. The summed E-state index contributed by atoms with van der Waals surface area (Å²) in [6, 6.07) is 10.1. The number of hydrogen-bond acceptors (Lipinski definition) is 3. The molecule has 0 bridgehead atoms. The van der Waals surface area contributed by atoms with E-state index in [9.17, 15) is 0 Å². The Bertz CT molecular complexity index is 584. The van der Waals surface area contributed by atoms with Crippen LogP contribution in [0.15, 0.2) is 34.8 Å². The summed E-state index contributed by atoms with van der Waals surface area (Å²) >= 11 is 3.45. The lowest BCUT2D eigenvalue weighted by molar-refractivity contribution is 0.411. The van der Waals surface area contributed by atoms with Gasteiger partial charge in [0, 0.05) is 11.0 Å². The van der Waals surface area contributed by atoms with Gasteiger partial charge >= 0.3 is 0 Å². The first-order valence-electron chi connectivity index (χ1n) is 6.10. The van der Waals surface area contributed by atoms with Crippen LogP contribution in [-0.2, 0) is 6.54 Å². The number of aromatic nitrogens is 1. The Balaban J connectivity index is 2.05. The van der Waals surface area contributed by atoms with Gasteiger partial charge in [0.2, 0.25) is 0 Å². The Morgan fingerprint density at radius 1 is 1.21 bits per heavy atom. The summed E-state index contributed by atoms with van der Waals surface area (Å²) < 4.78 is 6.28. The lowest BCUT2D eigenvalue weighted by Crippen LogP contribution is -2.02. The molecule has 1 heterocycles. The largest absolute Gasteiger partial charge is 0.496 e. The molecule has 0 amide bonds. The van der Waals surface area contributed by atoms with Gasteiger partial charge in [-0.25, -0.2) is 4.98 Å². The second-order valence-corrected chi connectivity index (χ2v) is 5.28. The average Bonchev–Trinajstić information content (AvgIpc) is 2.40. The quantitative estimate of drug-likeness (QED) is 0.921. The van der Waals surface area contributed by atoms with E-state index in [0.29, 0.717) is 0 Å². The molecule has 0 aliphatic rings. The first-order chi connectivity index (χ1) is 9.10. The minimum Gasteiger partial charge on any atom is -0.496 e. The number of halogens is 1. The molecular formula is C15H17BrN2O. The number of rotatable bonds is 4. The van der Waals surface area contributed by atoms with E-state index in [1.807, 2.05) is 32.0 Å². The Morgan fingerprint density at radius 2 is 2.00 bits per heavy atom. The molecule has 4 heteroatoms. The summed E-state index contributed by atoms with van der Waals surface area (Å²) in [6.45, 7) is 4.77. The third-order valence-corrected chi connectivity index (χ3v) is 3.79. The highest BCUT2D eigenvalue weighted by Crippen LogP contribution is 2.20. The lowest BCUT2D eigenvalue weighted by atomic mass is 10.1. The van der Waals surface area contributed by atoms with Crippen molar-refractivity contribution >= 4 is 21.7 Å². The van der Waals surface area contributed by atoms with Crippen molar-refractivity contribution in [3.8, 4) is 5.75 Å². The minimum atomic E-state index is 0.749. The zero-order valence-electron chi connectivity index (χ0n) is 11.3. The van der Waals surface area contributed by atoms with Gasteiger partial charge in [0.15, 0.2) is 0 Å². The van der Waals surface area contributed by atoms with Crippen LogP contribution in [0.3, 0.4) is 0 Å². The van der Waals surface area contributed by atoms with E-state index in [1.165, 1.54) is 5.56 Å². The third-order valence-electron chi connectivity index (χ3n) is 2.95. The van der Waals surface area contributed by atoms with Crippen LogP contribution in [0.1, 0.15) is 16.8 Å². The SMILES string of the molecule is COc1ccc(CNc2ccc(Br)c(C)n2)cc1C. The van der Waals surface area contributed by atoms with Crippen molar-refractivity contribution in [2.24, 2.45) is 0 Å². The Kier molecular flexibility index (Phi) is 4.43. The monoisotopic (exact) mass is 320 g/mol. The van der Waals surface area contributed by atoms with Crippen LogP contribution in [0, 0.1) is 13.8 Å². The van der Waals surface area contributed by atoms with Gasteiger partial charge in [-0.15, -0.1) is 0 Å². The molecule has 3 nitrogen and oxygen atoms in total. The third kappa shape index (κ3) is 3.47. The molecule has 2 aromatic rings. The number of anilines is 1. The first-order valence-corrected chi connectivity index (χ1v) is 6.90. The smallest absolute Gasteiger partial charge is 0.126 e. The number of ether oxygens (including phenoxy) is 1. The number of hydrogen-bond donors (Lipinski definition) is 1. The van der Waals surface area contributed by atoms with Crippen LogP contribution in [-0.4, -0.2) is 12.1 Å². The second-order valence-electron chi connectivity index (χ2n) is 4.42. The van der Waals surface area contributed by atoms with Crippen LogP contribution < -0.4 is 10.1 Å². The molecule has 0 fully saturated rings. The summed E-state index contributed by atoms with van der Waals surface area (Å²) in [5.41, 5.74) is 3.33. The Hall–Kier alpha value is -1.55. The van der Waals surface area contributed by atoms with Crippen LogP contribution in [0.4, 0.5) is 5.82 Å². The van der Waals surface area contributed by atoms with Gasteiger partial charge in [-0.05, 0) is 59.1 Å². The van der Waals surface area contributed by atoms with Gasteiger partial charge in [-0.3, -0.25) is 0 Å². The number of methoxy groups -OCH3 is 1. The zero-order valence-corrected chi connectivity index (χ0v) is 12.9. The van der Waals surface area contributed by atoms with Crippen molar-refractivity contribution in [2.75, 3.05) is 12.4 Å². The maximum Gasteiger partial charge on any atom is 0.126 e. The summed E-state index contributed by atoms with van der Waals surface area (Å²) in [4.78, 5) is 4.46. The number of aryl methyl sites for hydroxylation is 2. The Labute approximate surface area is 122 Å². The number of nitrogens with zero attached hydrogens (tertiary/aromatic N) is 1. The van der Waals surface area contributed by atoms with E-state index >= 15 is 0 Å². The average molecular weight is 321 g/mol. The Morgan fingerprint density at radius 3 is 2.63 bits per heavy atom. The van der Waals surface area contributed by atoms with Crippen molar-refractivity contribution in [1.82, 2.24) is 4.98 Å². The molecule has 0 spiro atoms. The maximum atomic E-state index is 5.25. The maximum absolute atomic E-state index is 5.25. The fourth-order valence-corrected chi connectivity index (χ4v) is 2.11. The number of nitrogens with one attached hydrogen (secondary N) is 1.